The molecule has 1 N–H and O–H groups in total. The molecule has 0 radical (unpaired) electrons. The van der Waals surface area contributed by atoms with Crippen LogP contribution in [0.5, 0.6) is 0 Å². The second-order valence-corrected chi connectivity index (χ2v) is 5.80. The minimum Gasteiger partial charge on any atom is -0.351 e. The van der Waals surface area contributed by atoms with Gasteiger partial charge in [0.05, 0.1) is 6.42 Å². The number of carbonyl (C=O) groups excluding carboxylic acids is 1. The molecule has 0 aliphatic rings. The molecule has 0 spiro atoms. The third-order valence-electron chi connectivity index (χ3n) is 3.48. The maximum absolute atomic E-state index is 12.1. The van der Waals surface area contributed by atoms with E-state index in [1.165, 1.54) is 5.56 Å². The van der Waals surface area contributed by atoms with E-state index in [9.17, 15) is 4.79 Å². The van der Waals surface area contributed by atoms with Gasteiger partial charge in [-0.25, -0.2) is 0 Å². The van der Waals surface area contributed by atoms with Crippen LogP contribution in [0.2, 0.25) is 0 Å². The molecule has 0 aromatic heterocycles. The van der Waals surface area contributed by atoms with Crippen molar-refractivity contribution >= 4 is 21.8 Å². The molecule has 18 heavy (non-hydrogen) atoms. The Morgan fingerprint density at radius 1 is 1.39 bits per heavy atom. The zero-order valence-corrected chi connectivity index (χ0v) is 13.0. The molecule has 1 aromatic rings. The average Bonchev–Trinajstić information content (AvgIpc) is 2.32. The number of hydrogen-bond donors (Lipinski definition) is 1. The summed E-state index contributed by atoms with van der Waals surface area (Å²) in [4.78, 5) is 12.1. The molecule has 3 heteroatoms. The second kappa shape index (κ2) is 6.93. The van der Waals surface area contributed by atoms with Gasteiger partial charge in [0.1, 0.15) is 0 Å². The number of carbonyl (C=O) groups is 1. The van der Waals surface area contributed by atoms with Crippen molar-refractivity contribution in [3.8, 4) is 0 Å². The van der Waals surface area contributed by atoms with Crippen molar-refractivity contribution in [1.82, 2.24) is 5.32 Å². The lowest BCUT2D eigenvalue weighted by atomic mass is 9.95. The highest BCUT2D eigenvalue weighted by atomic mass is 79.9. The van der Waals surface area contributed by atoms with Crippen LogP contribution in [0.4, 0.5) is 0 Å². The molecule has 100 valence electrons. The minimum atomic E-state index is -0.108. The molecule has 0 saturated heterocycles. The van der Waals surface area contributed by atoms with E-state index in [1.807, 2.05) is 31.2 Å². The van der Waals surface area contributed by atoms with E-state index in [4.69, 9.17) is 0 Å². The van der Waals surface area contributed by atoms with Gasteiger partial charge in [-0.1, -0.05) is 47.1 Å². The first-order valence-corrected chi connectivity index (χ1v) is 7.54. The molecule has 2 nitrogen and oxygen atoms in total. The molecule has 1 atom stereocenters. The van der Waals surface area contributed by atoms with Gasteiger partial charge < -0.3 is 5.32 Å². The van der Waals surface area contributed by atoms with Crippen LogP contribution in [0.15, 0.2) is 24.3 Å². The smallest absolute Gasteiger partial charge is 0.224 e. The van der Waals surface area contributed by atoms with Crippen LogP contribution < -0.4 is 5.32 Å². The van der Waals surface area contributed by atoms with Crippen molar-refractivity contribution in [3.63, 3.8) is 0 Å². The summed E-state index contributed by atoms with van der Waals surface area (Å²) in [5.41, 5.74) is 2.17. The van der Waals surface area contributed by atoms with E-state index in [2.05, 4.69) is 35.1 Å². The molecule has 0 fully saturated rings. The van der Waals surface area contributed by atoms with Crippen LogP contribution in [0, 0.1) is 6.92 Å². The fourth-order valence-corrected chi connectivity index (χ4v) is 2.77. The second-order valence-electron chi connectivity index (χ2n) is 5.00. The van der Waals surface area contributed by atoms with E-state index < -0.39 is 0 Å². The van der Waals surface area contributed by atoms with Gasteiger partial charge in [0, 0.05) is 10.9 Å². The van der Waals surface area contributed by atoms with E-state index in [0.29, 0.717) is 6.42 Å². The van der Waals surface area contributed by atoms with Gasteiger partial charge in [0.25, 0.3) is 0 Å². The summed E-state index contributed by atoms with van der Waals surface area (Å²) in [6.45, 7) is 6.25. The molecule has 0 bridgehead atoms. The summed E-state index contributed by atoms with van der Waals surface area (Å²) in [7, 11) is 0. The largest absolute Gasteiger partial charge is 0.351 e. The van der Waals surface area contributed by atoms with E-state index in [1.54, 1.807) is 0 Å². The molecule has 0 saturated carbocycles. The summed E-state index contributed by atoms with van der Waals surface area (Å²) >= 11 is 3.44. The van der Waals surface area contributed by atoms with Crippen molar-refractivity contribution in [2.45, 2.75) is 45.6 Å². The van der Waals surface area contributed by atoms with E-state index >= 15 is 0 Å². The van der Waals surface area contributed by atoms with Gasteiger partial charge in [-0.15, -0.1) is 0 Å². The standard InChI is InChI=1S/C15H22BrNO/c1-4-15(3,9-10-16)17-14(18)11-13-8-6-5-7-12(13)2/h5-8H,4,9-11H2,1-3H3,(H,17,18). The van der Waals surface area contributed by atoms with Gasteiger partial charge >= 0.3 is 0 Å². The predicted molar refractivity (Wildman–Crippen MR) is 80.1 cm³/mol. The lowest BCUT2D eigenvalue weighted by Crippen LogP contribution is -2.46. The first-order chi connectivity index (χ1) is 8.50. The van der Waals surface area contributed by atoms with E-state index in [0.717, 1.165) is 23.7 Å². The van der Waals surface area contributed by atoms with Crippen LogP contribution in [0.3, 0.4) is 0 Å². The molecule has 0 aliphatic carbocycles. The van der Waals surface area contributed by atoms with Crippen LogP contribution in [0.25, 0.3) is 0 Å². The zero-order valence-electron chi connectivity index (χ0n) is 11.4. The number of benzene rings is 1. The molecule has 1 aromatic carbocycles. The number of alkyl halides is 1. The summed E-state index contributed by atoms with van der Waals surface area (Å²) in [6.07, 6.45) is 2.35. The number of aryl methyl sites for hydroxylation is 1. The van der Waals surface area contributed by atoms with Crippen molar-refractivity contribution in [1.29, 1.82) is 0 Å². The number of halogens is 1. The highest BCUT2D eigenvalue weighted by molar-refractivity contribution is 9.09. The number of hydrogen-bond acceptors (Lipinski definition) is 1. The summed E-state index contributed by atoms with van der Waals surface area (Å²) in [5, 5.41) is 4.06. The van der Waals surface area contributed by atoms with Gasteiger partial charge in [-0.05, 0) is 37.8 Å². The fourth-order valence-electron chi connectivity index (χ4n) is 1.90. The van der Waals surface area contributed by atoms with Crippen LogP contribution in [-0.2, 0) is 11.2 Å². The van der Waals surface area contributed by atoms with Crippen LogP contribution in [0.1, 0.15) is 37.8 Å². The monoisotopic (exact) mass is 311 g/mol. The third kappa shape index (κ3) is 4.45. The molecular formula is C15H22BrNO. The van der Waals surface area contributed by atoms with Gasteiger partial charge in [-0.3, -0.25) is 4.79 Å². The lowest BCUT2D eigenvalue weighted by Gasteiger charge is -2.29. The topological polar surface area (TPSA) is 29.1 Å². The summed E-state index contributed by atoms with van der Waals surface area (Å²) < 4.78 is 0. The van der Waals surface area contributed by atoms with Crippen molar-refractivity contribution in [2.75, 3.05) is 5.33 Å². The fraction of sp³-hybridized carbons (Fsp3) is 0.533. The Morgan fingerprint density at radius 3 is 2.61 bits per heavy atom. The van der Waals surface area contributed by atoms with Crippen molar-refractivity contribution in [2.24, 2.45) is 0 Å². The Labute approximate surface area is 118 Å². The molecular weight excluding hydrogens is 290 g/mol. The maximum Gasteiger partial charge on any atom is 0.224 e. The minimum absolute atomic E-state index is 0.106. The number of nitrogens with one attached hydrogen (secondary N) is 1. The Hall–Kier alpha value is -0.830. The molecule has 1 rings (SSSR count). The lowest BCUT2D eigenvalue weighted by molar-refractivity contribution is -0.122. The quantitative estimate of drug-likeness (QED) is 0.799. The predicted octanol–water partition coefficient (Wildman–Crippen LogP) is 3.61. The SMILES string of the molecule is CCC(C)(CCBr)NC(=O)Cc1ccccc1C. The van der Waals surface area contributed by atoms with Crippen LogP contribution >= 0.6 is 15.9 Å². The summed E-state index contributed by atoms with van der Waals surface area (Å²) in [6, 6.07) is 8.04. The highest BCUT2D eigenvalue weighted by Crippen LogP contribution is 2.16. The van der Waals surface area contributed by atoms with Gasteiger partial charge in [0.2, 0.25) is 5.91 Å². The first-order valence-electron chi connectivity index (χ1n) is 6.42. The van der Waals surface area contributed by atoms with Crippen LogP contribution in [-0.4, -0.2) is 16.8 Å². The van der Waals surface area contributed by atoms with Crippen molar-refractivity contribution < 1.29 is 4.79 Å². The Bertz CT molecular complexity index is 405. The van der Waals surface area contributed by atoms with Crippen molar-refractivity contribution in [3.05, 3.63) is 35.4 Å². The average molecular weight is 312 g/mol. The normalized spacial score (nSPS) is 14.0. The first kappa shape index (κ1) is 15.2. The summed E-state index contributed by atoms with van der Waals surface area (Å²) in [5.74, 6) is 0.106. The third-order valence-corrected chi connectivity index (χ3v) is 3.88. The maximum atomic E-state index is 12.1. The molecule has 0 aliphatic heterocycles. The molecule has 1 amide bonds. The Kier molecular flexibility index (Phi) is 5.86. The highest BCUT2D eigenvalue weighted by Gasteiger charge is 2.23. The zero-order chi connectivity index (χ0) is 13.6. The van der Waals surface area contributed by atoms with Gasteiger partial charge in [-0.2, -0.15) is 0 Å². The number of rotatable bonds is 6. The van der Waals surface area contributed by atoms with Gasteiger partial charge in [0.15, 0.2) is 0 Å². The Balaban J connectivity index is 2.64. The van der Waals surface area contributed by atoms with E-state index in [-0.39, 0.29) is 11.4 Å². The Morgan fingerprint density at radius 2 is 2.06 bits per heavy atom. The molecule has 1 unspecified atom stereocenters. The number of amides is 1. The molecule has 0 heterocycles.